The Hall–Kier alpha value is -6.33. The Balaban J connectivity index is 1.24. The molecule has 0 amide bonds. The van der Waals surface area contributed by atoms with Gasteiger partial charge >= 0.3 is 0 Å². The van der Waals surface area contributed by atoms with Gasteiger partial charge in [0, 0.05) is 43.6 Å². The number of nitrogens with zero attached hydrogens (tertiary/aromatic N) is 3. The molecule has 214 valence electrons. The quantitative estimate of drug-likeness (QED) is 0.192. The molecule has 7 aromatic carbocycles. The normalized spacial score (nSPS) is 11.9. The Kier molecular flexibility index (Phi) is 5.22. The third kappa shape index (κ3) is 3.72. The number of benzene rings is 7. The minimum atomic E-state index is 0.605. The van der Waals surface area contributed by atoms with Crippen molar-refractivity contribution in [1.82, 2.24) is 15.0 Å². The van der Waals surface area contributed by atoms with E-state index in [1.54, 1.807) is 0 Å². The zero-order valence-electron chi connectivity index (χ0n) is 24.4. The molecule has 10 rings (SSSR count). The summed E-state index contributed by atoms with van der Waals surface area (Å²) in [7, 11) is 0. The zero-order valence-corrected chi connectivity index (χ0v) is 24.4. The molecule has 0 unspecified atom stereocenters. The molecule has 10 aromatic rings. The predicted molar refractivity (Wildman–Crippen MR) is 186 cm³/mol. The Labute approximate surface area is 262 Å². The first-order valence-corrected chi connectivity index (χ1v) is 15.3. The molecule has 0 radical (unpaired) electrons. The predicted octanol–water partition coefficient (Wildman–Crippen LogP) is 11.0. The molecule has 0 saturated carbocycles. The maximum Gasteiger partial charge on any atom is 0.164 e. The van der Waals surface area contributed by atoms with E-state index in [9.17, 15) is 0 Å². The van der Waals surface area contributed by atoms with Crippen LogP contribution in [0.15, 0.2) is 148 Å². The van der Waals surface area contributed by atoms with Gasteiger partial charge in [0.25, 0.3) is 0 Å². The lowest BCUT2D eigenvalue weighted by Crippen LogP contribution is -2.00. The first-order valence-electron chi connectivity index (χ1n) is 15.3. The number of furan rings is 2. The number of fused-ring (bicyclic) bond motifs is 11. The van der Waals surface area contributed by atoms with E-state index in [2.05, 4.69) is 66.7 Å². The van der Waals surface area contributed by atoms with Crippen molar-refractivity contribution in [2.75, 3.05) is 0 Å². The summed E-state index contributed by atoms with van der Waals surface area (Å²) in [5.41, 5.74) is 6.19. The molecular formula is C41H23N3O2. The van der Waals surface area contributed by atoms with E-state index >= 15 is 0 Å². The molecule has 0 fully saturated rings. The Morgan fingerprint density at radius 2 is 0.848 bits per heavy atom. The highest BCUT2D eigenvalue weighted by atomic mass is 16.3. The fourth-order valence-electron chi connectivity index (χ4n) is 6.76. The first kappa shape index (κ1) is 25.0. The molecule has 0 spiro atoms. The van der Waals surface area contributed by atoms with E-state index in [1.165, 1.54) is 0 Å². The van der Waals surface area contributed by atoms with Crippen molar-refractivity contribution in [3.8, 4) is 34.2 Å². The maximum absolute atomic E-state index is 6.48. The van der Waals surface area contributed by atoms with Crippen LogP contribution in [0.2, 0.25) is 0 Å². The summed E-state index contributed by atoms with van der Waals surface area (Å²) in [4.78, 5) is 15.1. The molecule has 5 nitrogen and oxygen atoms in total. The van der Waals surface area contributed by atoms with Crippen LogP contribution in [0.4, 0.5) is 0 Å². The second kappa shape index (κ2) is 9.58. The lowest BCUT2D eigenvalue weighted by atomic mass is 9.95. The van der Waals surface area contributed by atoms with Gasteiger partial charge in [0.15, 0.2) is 17.5 Å². The highest BCUT2D eigenvalue weighted by Gasteiger charge is 2.18. The van der Waals surface area contributed by atoms with Crippen LogP contribution in [-0.4, -0.2) is 15.0 Å². The average molecular weight is 590 g/mol. The second-order valence-electron chi connectivity index (χ2n) is 11.6. The van der Waals surface area contributed by atoms with Gasteiger partial charge < -0.3 is 8.83 Å². The van der Waals surface area contributed by atoms with Crippen molar-refractivity contribution in [3.05, 3.63) is 140 Å². The molecule has 0 bridgehead atoms. The van der Waals surface area contributed by atoms with E-state index < -0.39 is 0 Å². The first-order chi connectivity index (χ1) is 22.8. The number of hydrogen-bond donors (Lipinski definition) is 0. The van der Waals surface area contributed by atoms with Crippen molar-refractivity contribution >= 4 is 65.4 Å². The molecule has 0 atom stereocenters. The van der Waals surface area contributed by atoms with Gasteiger partial charge in [0.05, 0.1) is 0 Å². The molecule has 0 aliphatic heterocycles. The molecule has 3 heterocycles. The summed E-state index contributed by atoms with van der Waals surface area (Å²) in [6.07, 6.45) is 0. The van der Waals surface area contributed by atoms with Crippen LogP contribution in [0.25, 0.3) is 99.6 Å². The summed E-state index contributed by atoms with van der Waals surface area (Å²) < 4.78 is 12.6. The van der Waals surface area contributed by atoms with E-state index in [0.29, 0.717) is 17.5 Å². The van der Waals surface area contributed by atoms with Crippen LogP contribution in [0.5, 0.6) is 0 Å². The molecule has 3 aromatic heterocycles. The molecular weight excluding hydrogens is 566 g/mol. The van der Waals surface area contributed by atoms with Crippen LogP contribution in [0.1, 0.15) is 0 Å². The van der Waals surface area contributed by atoms with Crippen LogP contribution in [0.3, 0.4) is 0 Å². The largest absolute Gasteiger partial charge is 0.456 e. The Morgan fingerprint density at radius 1 is 0.326 bits per heavy atom. The van der Waals surface area contributed by atoms with Gasteiger partial charge in [-0.15, -0.1) is 0 Å². The number of rotatable bonds is 3. The second-order valence-corrected chi connectivity index (χ2v) is 11.6. The zero-order chi connectivity index (χ0) is 30.2. The minimum Gasteiger partial charge on any atom is -0.456 e. The van der Waals surface area contributed by atoms with Gasteiger partial charge in [-0.25, -0.2) is 15.0 Å². The highest BCUT2D eigenvalue weighted by molar-refractivity contribution is 6.30. The molecule has 0 aliphatic rings. The van der Waals surface area contributed by atoms with Gasteiger partial charge in [0.1, 0.15) is 22.3 Å². The van der Waals surface area contributed by atoms with E-state index in [0.717, 1.165) is 82.1 Å². The summed E-state index contributed by atoms with van der Waals surface area (Å²) >= 11 is 0. The summed E-state index contributed by atoms with van der Waals surface area (Å²) in [6.45, 7) is 0. The standard InChI is InChI=1S/C41H23N3O2/c1-2-10-24(11-3-1)39-42-40(44-41(43-39)26-19-21-36-32(22-26)29-13-6-8-16-34(29)45-36)25-18-20-28-27-12-4-5-14-30(27)38-37(33(28)23-25)31-15-7-9-17-35(31)46-38/h1-23H. The van der Waals surface area contributed by atoms with Crippen LogP contribution < -0.4 is 0 Å². The SMILES string of the molecule is c1ccc(-c2nc(-c3ccc4oc5ccccc5c4c3)nc(-c3ccc4c5ccccc5c5oc6ccccc6c5c4c3)n2)cc1. The summed E-state index contributed by atoms with van der Waals surface area (Å²) in [5.74, 6) is 1.83. The van der Waals surface area contributed by atoms with Gasteiger partial charge in [-0.1, -0.05) is 103 Å². The maximum atomic E-state index is 6.48. The van der Waals surface area contributed by atoms with E-state index in [1.807, 2.05) is 72.8 Å². The Bertz CT molecular complexity index is 2810. The van der Waals surface area contributed by atoms with Crippen molar-refractivity contribution in [3.63, 3.8) is 0 Å². The van der Waals surface area contributed by atoms with E-state index in [4.69, 9.17) is 23.8 Å². The van der Waals surface area contributed by atoms with Crippen molar-refractivity contribution in [2.24, 2.45) is 0 Å². The molecule has 0 saturated heterocycles. The van der Waals surface area contributed by atoms with Crippen molar-refractivity contribution in [2.45, 2.75) is 0 Å². The third-order valence-electron chi connectivity index (χ3n) is 8.91. The van der Waals surface area contributed by atoms with Gasteiger partial charge in [-0.2, -0.15) is 0 Å². The summed E-state index contributed by atoms with van der Waals surface area (Å²) in [5, 5.41) is 8.80. The van der Waals surface area contributed by atoms with Crippen molar-refractivity contribution in [1.29, 1.82) is 0 Å². The van der Waals surface area contributed by atoms with Crippen LogP contribution >= 0.6 is 0 Å². The van der Waals surface area contributed by atoms with E-state index in [-0.39, 0.29) is 0 Å². The molecule has 46 heavy (non-hydrogen) atoms. The topological polar surface area (TPSA) is 65.0 Å². The van der Waals surface area contributed by atoms with Gasteiger partial charge in [-0.05, 0) is 52.6 Å². The number of aromatic nitrogens is 3. The number of hydrogen-bond acceptors (Lipinski definition) is 5. The smallest absolute Gasteiger partial charge is 0.164 e. The van der Waals surface area contributed by atoms with Crippen LogP contribution in [-0.2, 0) is 0 Å². The lowest BCUT2D eigenvalue weighted by molar-refractivity contribution is 0.669. The van der Waals surface area contributed by atoms with Crippen LogP contribution in [0, 0.1) is 0 Å². The Morgan fingerprint density at radius 3 is 1.61 bits per heavy atom. The highest BCUT2D eigenvalue weighted by Crippen LogP contribution is 2.42. The fraction of sp³-hybridized carbons (Fsp3) is 0. The van der Waals surface area contributed by atoms with Gasteiger partial charge in [0.2, 0.25) is 0 Å². The molecule has 0 N–H and O–H groups in total. The summed E-state index contributed by atoms with van der Waals surface area (Å²) in [6, 6.07) is 47.5. The monoisotopic (exact) mass is 589 g/mol. The molecule has 0 aliphatic carbocycles. The minimum absolute atomic E-state index is 0.605. The van der Waals surface area contributed by atoms with Crippen molar-refractivity contribution < 1.29 is 8.83 Å². The third-order valence-corrected chi connectivity index (χ3v) is 8.91. The lowest BCUT2D eigenvalue weighted by Gasteiger charge is -2.11. The number of para-hydroxylation sites is 2. The van der Waals surface area contributed by atoms with Gasteiger partial charge in [-0.3, -0.25) is 0 Å². The average Bonchev–Trinajstić information content (AvgIpc) is 3.71. The molecule has 5 heteroatoms. The fourth-order valence-corrected chi connectivity index (χ4v) is 6.76.